The van der Waals surface area contributed by atoms with Crippen molar-refractivity contribution in [1.82, 2.24) is 15.3 Å². The molecule has 4 nitrogen and oxygen atoms in total. The molecule has 0 bridgehead atoms. The third-order valence-electron chi connectivity index (χ3n) is 3.30. The summed E-state index contributed by atoms with van der Waals surface area (Å²) in [5.41, 5.74) is 3.14. The smallest absolute Gasteiger partial charge is 0.134 e. The molecule has 1 aromatic carbocycles. The molecule has 3 aromatic rings. The van der Waals surface area contributed by atoms with Crippen LogP contribution in [0.25, 0.3) is 11.0 Å². The van der Waals surface area contributed by atoms with E-state index < -0.39 is 0 Å². The fourth-order valence-corrected chi connectivity index (χ4v) is 2.37. The summed E-state index contributed by atoms with van der Waals surface area (Å²) in [6.07, 6.45) is 5.17. The first-order valence-electron chi connectivity index (χ1n) is 6.76. The van der Waals surface area contributed by atoms with Gasteiger partial charge in [-0.05, 0) is 31.7 Å². The second-order valence-corrected chi connectivity index (χ2v) is 4.85. The SMILES string of the molecule is CCNC(c1cncnc1)c1cc2cc(C)ccc2o1. The van der Waals surface area contributed by atoms with Crippen LogP contribution in [0.15, 0.2) is 47.4 Å². The van der Waals surface area contributed by atoms with Crippen molar-refractivity contribution in [3.63, 3.8) is 0 Å². The minimum atomic E-state index is -0.0195. The highest BCUT2D eigenvalue weighted by Gasteiger charge is 2.18. The summed E-state index contributed by atoms with van der Waals surface area (Å²) in [5, 5.41) is 4.54. The Morgan fingerprint density at radius 3 is 2.75 bits per heavy atom. The Labute approximate surface area is 117 Å². The molecular weight excluding hydrogens is 250 g/mol. The minimum absolute atomic E-state index is 0.0195. The summed E-state index contributed by atoms with van der Waals surface area (Å²) in [6.45, 7) is 5.00. The zero-order valence-electron chi connectivity index (χ0n) is 11.6. The minimum Gasteiger partial charge on any atom is -0.459 e. The molecule has 1 unspecified atom stereocenters. The molecular formula is C16H17N3O. The van der Waals surface area contributed by atoms with Gasteiger partial charge >= 0.3 is 0 Å². The van der Waals surface area contributed by atoms with Crippen molar-refractivity contribution in [1.29, 1.82) is 0 Å². The second kappa shape index (κ2) is 5.43. The van der Waals surface area contributed by atoms with E-state index in [1.807, 2.05) is 18.5 Å². The predicted octanol–water partition coefficient (Wildman–Crippen LogP) is 3.23. The van der Waals surface area contributed by atoms with Crippen molar-refractivity contribution in [3.8, 4) is 0 Å². The average molecular weight is 267 g/mol. The highest BCUT2D eigenvalue weighted by molar-refractivity contribution is 5.78. The van der Waals surface area contributed by atoms with Gasteiger partial charge in [0.15, 0.2) is 0 Å². The molecule has 0 aliphatic carbocycles. The fraction of sp³-hybridized carbons (Fsp3) is 0.250. The quantitative estimate of drug-likeness (QED) is 0.788. The van der Waals surface area contributed by atoms with Gasteiger partial charge in [0.1, 0.15) is 17.7 Å². The molecule has 102 valence electrons. The van der Waals surface area contributed by atoms with Crippen molar-refractivity contribution < 1.29 is 4.42 Å². The Kier molecular flexibility index (Phi) is 3.48. The topological polar surface area (TPSA) is 51.0 Å². The van der Waals surface area contributed by atoms with Crippen LogP contribution in [-0.4, -0.2) is 16.5 Å². The Morgan fingerprint density at radius 1 is 1.20 bits per heavy atom. The molecule has 20 heavy (non-hydrogen) atoms. The van der Waals surface area contributed by atoms with E-state index in [1.165, 1.54) is 11.9 Å². The first-order valence-corrected chi connectivity index (χ1v) is 6.76. The number of fused-ring (bicyclic) bond motifs is 1. The van der Waals surface area contributed by atoms with Crippen LogP contribution < -0.4 is 5.32 Å². The number of benzene rings is 1. The molecule has 0 fully saturated rings. The number of aryl methyl sites for hydroxylation is 1. The van der Waals surface area contributed by atoms with E-state index >= 15 is 0 Å². The standard InChI is InChI=1S/C16H17N3O/c1-3-19-16(13-8-17-10-18-9-13)15-7-12-6-11(2)4-5-14(12)20-15/h4-10,16,19H,3H2,1-2H3. The molecule has 0 spiro atoms. The largest absolute Gasteiger partial charge is 0.459 e. The number of aromatic nitrogens is 2. The summed E-state index contributed by atoms with van der Waals surface area (Å²) >= 11 is 0. The van der Waals surface area contributed by atoms with Crippen LogP contribution in [0, 0.1) is 6.92 Å². The maximum atomic E-state index is 5.97. The van der Waals surface area contributed by atoms with Gasteiger partial charge in [-0.15, -0.1) is 0 Å². The molecule has 0 saturated heterocycles. The number of hydrogen-bond acceptors (Lipinski definition) is 4. The van der Waals surface area contributed by atoms with Gasteiger partial charge in [0.2, 0.25) is 0 Å². The Morgan fingerprint density at radius 2 is 2.00 bits per heavy atom. The third-order valence-corrected chi connectivity index (χ3v) is 3.30. The maximum Gasteiger partial charge on any atom is 0.134 e. The fourth-order valence-electron chi connectivity index (χ4n) is 2.37. The second-order valence-electron chi connectivity index (χ2n) is 4.85. The van der Waals surface area contributed by atoms with Gasteiger partial charge in [0.25, 0.3) is 0 Å². The number of hydrogen-bond donors (Lipinski definition) is 1. The molecule has 0 aliphatic rings. The number of nitrogens with one attached hydrogen (secondary N) is 1. The highest BCUT2D eigenvalue weighted by atomic mass is 16.3. The van der Waals surface area contributed by atoms with E-state index in [4.69, 9.17) is 4.42 Å². The molecule has 0 amide bonds. The first-order chi connectivity index (χ1) is 9.78. The normalized spacial score (nSPS) is 12.7. The molecule has 0 aliphatic heterocycles. The molecule has 1 N–H and O–H groups in total. The predicted molar refractivity (Wildman–Crippen MR) is 78.5 cm³/mol. The van der Waals surface area contributed by atoms with E-state index in [1.54, 1.807) is 0 Å². The van der Waals surface area contributed by atoms with Crippen molar-refractivity contribution >= 4 is 11.0 Å². The van der Waals surface area contributed by atoms with Gasteiger partial charge in [-0.2, -0.15) is 0 Å². The summed E-state index contributed by atoms with van der Waals surface area (Å²) in [5.74, 6) is 0.891. The molecule has 2 aromatic heterocycles. The molecule has 2 heterocycles. The summed E-state index contributed by atoms with van der Waals surface area (Å²) in [7, 11) is 0. The summed E-state index contributed by atoms with van der Waals surface area (Å²) in [4.78, 5) is 8.18. The van der Waals surface area contributed by atoms with Crippen LogP contribution in [0.4, 0.5) is 0 Å². The number of rotatable bonds is 4. The molecule has 0 saturated carbocycles. The van der Waals surface area contributed by atoms with E-state index in [0.29, 0.717) is 0 Å². The Balaban J connectivity index is 2.05. The zero-order valence-corrected chi connectivity index (χ0v) is 11.6. The van der Waals surface area contributed by atoms with Crippen molar-refractivity contribution in [2.75, 3.05) is 6.54 Å². The Bertz CT molecular complexity index is 706. The van der Waals surface area contributed by atoms with Crippen LogP contribution in [0.5, 0.6) is 0 Å². The van der Waals surface area contributed by atoms with Gasteiger partial charge in [-0.1, -0.05) is 18.6 Å². The van der Waals surface area contributed by atoms with Crippen LogP contribution in [0.3, 0.4) is 0 Å². The molecule has 0 radical (unpaired) electrons. The maximum absolute atomic E-state index is 5.97. The third kappa shape index (κ3) is 2.42. The van der Waals surface area contributed by atoms with Crippen LogP contribution in [0.2, 0.25) is 0 Å². The van der Waals surface area contributed by atoms with E-state index in [9.17, 15) is 0 Å². The molecule has 1 atom stereocenters. The molecule has 4 heteroatoms. The lowest BCUT2D eigenvalue weighted by molar-refractivity contribution is 0.475. The van der Waals surface area contributed by atoms with Crippen LogP contribution in [-0.2, 0) is 0 Å². The summed E-state index contributed by atoms with van der Waals surface area (Å²) in [6, 6.07) is 8.27. The monoisotopic (exact) mass is 267 g/mol. The van der Waals surface area contributed by atoms with E-state index in [0.717, 1.165) is 28.8 Å². The van der Waals surface area contributed by atoms with Crippen molar-refractivity contribution in [2.24, 2.45) is 0 Å². The number of nitrogens with zero attached hydrogens (tertiary/aromatic N) is 2. The lowest BCUT2D eigenvalue weighted by Gasteiger charge is -2.14. The van der Waals surface area contributed by atoms with Crippen molar-refractivity contribution in [2.45, 2.75) is 19.9 Å². The lowest BCUT2D eigenvalue weighted by Crippen LogP contribution is -2.21. The van der Waals surface area contributed by atoms with Gasteiger partial charge in [0, 0.05) is 23.3 Å². The molecule has 3 rings (SSSR count). The van der Waals surface area contributed by atoms with E-state index in [2.05, 4.69) is 47.3 Å². The average Bonchev–Trinajstić information content (AvgIpc) is 2.88. The zero-order chi connectivity index (χ0) is 13.9. The van der Waals surface area contributed by atoms with Gasteiger partial charge in [-0.3, -0.25) is 0 Å². The van der Waals surface area contributed by atoms with Crippen LogP contribution >= 0.6 is 0 Å². The summed E-state index contributed by atoms with van der Waals surface area (Å²) < 4.78 is 5.97. The van der Waals surface area contributed by atoms with Crippen LogP contribution in [0.1, 0.15) is 29.9 Å². The van der Waals surface area contributed by atoms with Crippen molar-refractivity contribution in [3.05, 3.63) is 59.9 Å². The lowest BCUT2D eigenvalue weighted by atomic mass is 10.1. The van der Waals surface area contributed by atoms with Gasteiger partial charge < -0.3 is 9.73 Å². The highest BCUT2D eigenvalue weighted by Crippen LogP contribution is 2.28. The van der Waals surface area contributed by atoms with Gasteiger partial charge in [0.05, 0.1) is 6.04 Å². The first kappa shape index (κ1) is 12.8. The Hall–Kier alpha value is -2.20. The number of furan rings is 1. The van der Waals surface area contributed by atoms with E-state index in [-0.39, 0.29) is 6.04 Å². The van der Waals surface area contributed by atoms with Gasteiger partial charge in [-0.25, -0.2) is 9.97 Å².